The minimum Gasteiger partial charge on any atom is -0.481 e. The van der Waals surface area contributed by atoms with Gasteiger partial charge in [0.2, 0.25) is 5.91 Å². The van der Waals surface area contributed by atoms with Crippen molar-refractivity contribution in [3.05, 3.63) is 59.7 Å². The first-order valence-corrected chi connectivity index (χ1v) is 12.2. The molecule has 0 saturated carbocycles. The summed E-state index contributed by atoms with van der Waals surface area (Å²) in [7, 11) is 0. The number of nitrogens with one attached hydrogen (secondary N) is 2. The second kappa shape index (κ2) is 11.4. The van der Waals surface area contributed by atoms with Crippen molar-refractivity contribution in [1.29, 1.82) is 0 Å². The van der Waals surface area contributed by atoms with Crippen LogP contribution in [0.15, 0.2) is 48.5 Å². The Morgan fingerprint density at radius 3 is 2.34 bits per heavy atom. The Bertz CT molecular complexity index is 1030. The van der Waals surface area contributed by atoms with Crippen LogP contribution in [-0.2, 0) is 19.1 Å². The maximum Gasteiger partial charge on any atom is 0.407 e. The highest BCUT2D eigenvalue weighted by molar-refractivity contribution is 5.82. The van der Waals surface area contributed by atoms with E-state index in [1.807, 2.05) is 31.2 Å². The van der Waals surface area contributed by atoms with Crippen molar-refractivity contribution in [3.63, 3.8) is 0 Å². The molecule has 2 aromatic carbocycles. The molecule has 1 aliphatic carbocycles. The van der Waals surface area contributed by atoms with Crippen LogP contribution in [0, 0.1) is 0 Å². The number of fused-ring (bicyclic) bond motifs is 3. The molecule has 1 saturated heterocycles. The lowest BCUT2D eigenvalue weighted by Crippen LogP contribution is -2.43. The van der Waals surface area contributed by atoms with Gasteiger partial charge in [0.1, 0.15) is 12.7 Å². The summed E-state index contributed by atoms with van der Waals surface area (Å²) in [6, 6.07) is 15.9. The van der Waals surface area contributed by atoms with Crippen LogP contribution < -0.4 is 10.6 Å². The van der Waals surface area contributed by atoms with Crippen LogP contribution in [0.5, 0.6) is 0 Å². The number of carboxylic acids is 1. The fourth-order valence-corrected chi connectivity index (χ4v) is 4.97. The van der Waals surface area contributed by atoms with Crippen LogP contribution in [0.25, 0.3) is 11.1 Å². The van der Waals surface area contributed by atoms with E-state index in [1.54, 1.807) is 0 Å². The van der Waals surface area contributed by atoms with Gasteiger partial charge in [0, 0.05) is 18.5 Å². The molecule has 2 aliphatic rings. The summed E-state index contributed by atoms with van der Waals surface area (Å²) in [6.45, 7) is 2.42. The first-order valence-electron chi connectivity index (χ1n) is 12.2. The van der Waals surface area contributed by atoms with E-state index in [-0.39, 0.29) is 37.5 Å². The highest BCUT2D eigenvalue weighted by Gasteiger charge is 2.33. The molecular weight excluding hydrogens is 448 g/mol. The summed E-state index contributed by atoms with van der Waals surface area (Å²) < 4.78 is 11.3. The number of hydrogen-bond acceptors (Lipinski definition) is 5. The monoisotopic (exact) mass is 480 g/mol. The van der Waals surface area contributed by atoms with E-state index in [2.05, 4.69) is 34.9 Å². The van der Waals surface area contributed by atoms with Gasteiger partial charge < -0.3 is 25.2 Å². The average molecular weight is 481 g/mol. The number of benzene rings is 2. The van der Waals surface area contributed by atoms with Crippen molar-refractivity contribution < 1.29 is 29.0 Å². The van der Waals surface area contributed by atoms with Crippen molar-refractivity contribution in [1.82, 2.24) is 10.6 Å². The fourth-order valence-electron chi connectivity index (χ4n) is 4.97. The van der Waals surface area contributed by atoms with E-state index in [1.165, 1.54) is 11.1 Å². The molecule has 0 spiro atoms. The number of hydrogen-bond donors (Lipinski definition) is 3. The molecule has 1 aliphatic heterocycles. The first kappa shape index (κ1) is 24.7. The average Bonchev–Trinajstić information content (AvgIpc) is 3.44. The third kappa shape index (κ3) is 6.00. The van der Waals surface area contributed by atoms with Gasteiger partial charge in [0.05, 0.1) is 12.5 Å². The van der Waals surface area contributed by atoms with E-state index in [9.17, 15) is 14.4 Å². The molecule has 1 fully saturated rings. The molecule has 2 aromatic rings. The van der Waals surface area contributed by atoms with Crippen LogP contribution in [-0.4, -0.2) is 54.5 Å². The summed E-state index contributed by atoms with van der Waals surface area (Å²) in [6.07, 6.45) is 0.946. The van der Waals surface area contributed by atoms with Gasteiger partial charge in [-0.2, -0.15) is 0 Å². The minimum absolute atomic E-state index is 0.00849. The Hall–Kier alpha value is -3.39. The molecule has 1 heterocycles. The molecule has 3 N–H and O–H groups in total. The third-order valence-corrected chi connectivity index (χ3v) is 6.62. The third-order valence-electron chi connectivity index (χ3n) is 6.62. The Balaban J connectivity index is 1.23. The Kier molecular flexibility index (Phi) is 8.02. The summed E-state index contributed by atoms with van der Waals surface area (Å²) in [5.74, 6) is -1.25. The molecule has 0 bridgehead atoms. The summed E-state index contributed by atoms with van der Waals surface area (Å²) in [5.41, 5.74) is 4.65. The normalized spacial score (nSPS) is 19.5. The Morgan fingerprint density at radius 2 is 1.71 bits per heavy atom. The number of ether oxygens (including phenoxy) is 2. The molecular formula is C27H32N2O6. The van der Waals surface area contributed by atoms with Gasteiger partial charge in [0.25, 0.3) is 0 Å². The smallest absolute Gasteiger partial charge is 0.407 e. The first-order chi connectivity index (χ1) is 17.0. The summed E-state index contributed by atoms with van der Waals surface area (Å²) in [5, 5.41) is 14.6. The molecule has 2 amide bonds. The SMILES string of the molecule is CCCC(CC(=O)O)NC(=O)C1CCC(CNC(=O)OCC2c3ccccc3-c3ccccc32)O1. The van der Waals surface area contributed by atoms with Crippen LogP contribution in [0.2, 0.25) is 0 Å². The predicted octanol–water partition coefficient (Wildman–Crippen LogP) is 3.83. The standard InChI is InChI=1S/C27H32N2O6/c1-2-7-17(14-25(30)31)29-26(32)24-13-12-18(35-24)15-28-27(33)34-16-23-21-10-5-3-8-19(21)20-9-4-6-11-22(20)23/h3-6,8-11,17-18,23-24H,2,7,12-16H2,1H3,(H,28,33)(H,29,32)(H,30,31). The lowest BCUT2D eigenvalue weighted by molar-refractivity contribution is -0.138. The van der Waals surface area contributed by atoms with Gasteiger partial charge in [-0.05, 0) is 41.5 Å². The van der Waals surface area contributed by atoms with Crippen LogP contribution in [0.3, 0.4) is 0 Å². The zero-order valence-corrected chi connectivity index (χ0v) is 19.9. The molecule has 8 heteroatoms. The number of carbonyl (C=O) groups excluding carboxylic acids is 2. The lowest BCUT2D eigenvalue weighted by atomic mass is 9.98. The number of aliphatic carboxylic acids is 1. The fraction of sp³-hybridized carbons (Fsp3) is 0.444. The van der Waals surface area contributed by atoms with Crippen LogP contribution in [0.1, 0.15) is 56.1 Å². The largest absolute Gasteiger partial charge is 0.481 e. The molecule has 35 heavy (non-hydrogen) atoms. The van der Waals surface area contributed by atoms with E-state index < -0.39 is 24.2 Å². The molecule has 186 valence electrons. The number of alkyl carbamates (subject to hydrolysis) is 1. The van der Waals surface area contributed by atoms with E-state index in [4.69, 9.17) is 14.6 Å². The topological polar surface area (TPSA) is 114 Å². The zero-order chi connectivity index (χ0) is 24.8. The Labute approximate surface area is 205 Å². The van der Waals surface area contributed by atoms with Gasteiger partial charge in [-0.3, -0.25) is 9.59 Å². The predicted molar refractivity (Wildman–Crippen MR) is 130 cm³/mol. The van der Waals surface area contributed by atoms with Gasteiger partial charge in [0.15, 0.2) is 0 Å². The lowest BCUT2D eigenvalue weighted by Gasteiger charge is -2.19. The number of amides is 2. The van der Waals surface area contributed by atoms with E-state index >= 15 is 0 Å². The molecule has 0 aromatic heterocycles. The number of carboxylic acid groups (broad SMARTS) is 1. The van der Waals surface area contributed by atoms with Crippen LogP contribution in [0.4, 0.5) is 4.79 Å². The van der Waals surface area contributed by atoms with Crippen molar-refractivity contribution in [3.8, 4) is 11.1 Å². The van der Waals surface area contributed by atoms with Gasteiger partial charge in [-0.15, -0.1) is 0 Å². The van der Waals surface area contributed by atoms with Crippen molar-refractivity contribution in [2.75, 3.05) is 13.2 Å². The van der Waals surface area contributed by atoms with Crippen molar-refractivity contribution in [2.24, 2.45) is 0 Å². The molecule has 3 atom stereocenters. The molecule has 0 radical (unpaired) electrons. The van der Waals surface area contributed by atoms with E-state index in [0.717, 1.165) is 17.5 Å². The zero-order valence-electron chi connectivity index (χ0n) is 19.9. The molecule has 3 unspecified atom stereocenters. The summed E-state index contributed by atoms with van der Waals surface area (Å²) in [4.78, 5) is 35.9. The second-order valence-corrected chi connectivity index (χ2v) is 9.12. The highest BCUT2D eigenvalue weighted by Crippen LogP contribution is 2.44. The van der Waals surface area contributed by atoms with Gasteiger partial charge in [-0.1, -0.05) is 61.9 Å². The maximum absolute atomic E-state index is 12.5. The molecule has 8 nitrogen and oxygen atoms in total. The van der Waals surface area contributed by atoms with E-state index in [0.29, 0.717) is 19.3 Å². The van der Waals surface area contributed by atoms with Crippen molar-refractivity contribution >= 4 is 18.0 Å². The number of rotatable bonds is 10. The Morgan fingerprint density at radius 1 is 1.06 bits per heavy atom. The van der Waals surface area contributed by atoms with Gasteiger partial charge in [-0.25, -0.2) is 4.79 Å². The highest BCUT2D eigenvalue weighted by atomic mass is 16.5. The number of carbonyl (C=O) groups is 3. The van der Waals surface area contributed by atoms with Gasteiger partial charge >= 0.3 is 12.1 Å². The quantitative estimate of drug-likeness (QED) is 0.476. The summed E-state index contributed by atoms with van der Waals surface area (Å²) >= 11 is 0. The second-order valence-electron chi connectivity index (χ2n) is 9.12. The van der Waals surface area contributed by atoms with Crippen molar-refractivity contribution in [2.45, 2.75) is 63.2 Å². The maximum atomic E-state index is 12.5. The molecule has 4 rings (SSSR count). The van der Waals surface area contributed by atoms with Crippen LogP contribution >= 0.6 is 0 Å². The minimum atomic E-state index is -0.943.